The number of nitrogens with zero attached hydrogens (tertiary/aromatic N) is 1. The van der Waals surface area contributed by atoms with E-state index in [1.165, 1.54) is 4.90 Å². The second kappa shape index (κ2) is 8.53. The van der Waals surface area contributed by atoms with Gasteiger partial charge in [0.05, 0.1) is 18.3 Å². The lowest BCUT2D eigenvalue weighted by atomic mass is 10.1. The number of rotatable bonds is 5. The lowest BCUT2D eigenvalue weighted by Gasteiger charge is -2.26. The third kappa shape index (κ3) is 4.47. The van der Waals surface area contributed by atoms with Crippen molar-refractivity contribution < 1.29 is 24.2 Å². The zero-order chi connectivity index (χ0) is 20.1. The number of aliphatic hydroxyl groups excluding tert-OH is 1. The summed E-state index contributed by atoms with van der Waals surface area (Å²) in [6, 6.07) is 13.5. The summed E-state index contributed by atoms with van der Waals surface area (Å²) in [5, 5.41) is 14.5. The molecule has 8 nitrogen and oxygen atoms in total. The molecule has 0 spiro atoms. The highest BCUT2D eigenvalue weighted by molar-refractivity contribution is 6.39. The molecule has 8 heteroatoms. The van der Waals surface area contributed by atoms with E-state index in [2.05, 4.69) is 10.6 Å². The van der Waals surface area contributed by atoms with E-state index in [0.29, 0.717) is 23.5 Å². The van der Waals surface area contributed by atoms with E-state index in [4.69, 9.17) is 4.74 Å². The number of anilines is 2. The van der Waals surface area contributed by atoms with Gasteiger partial charge in [0.15, 0.2) is 6.61 Å². The van der Waals surface area contributed by atoms with Crippen LogP contribution in [0.3, 0.4) is 0 Å². The third-order valence-corrected chi connectivity index (χ3v) is 4.39. The minimum absolute atomic E-state index is 0.0401. The molecule has 0 radical (unpaired) electrons. The number of likely N-dealkylation sites (N-methyl/N-ethyl adjacent to an activating group) is 1. The molecule has 0 bridgehead atoms. The molecule has 1 aliphatic rings. The average Bonchev–Trinajstić information content (AvgIpc) is 2.71. The van der Waals surface area contributed by atoms with E-state index in [9.17, 15) is 19.5 Å². The molecule has 0 aliphatic carbocycles. The second-order valence-electron chi connectivity index (χ2n) is 6.42. The van der Waals surface area contributed by atoms with Gasteiger partial charge < -0.3 is 25.4 Å². The lowest BCUT2D eigenvalue weighted by Crippen LogP contribution is -2.44. The smallest absolute Gasteiger partial charge is 0.313 e. The van der Waals surface area contributed by atoms with Crippen molar-refractivity contribution in [1.29, 1.82) is 0 Å². The summed E-state index contributed by atoms with van der Waals surface area (Å²) in [4.78, 5) is 37.6. The zero-order valence-corrected chi connectivity index (χ0v) is 15.3. The quantitative estimate of drug-likeness (QED) is 0.659. The van der Waals surface area contributed by atoms with Gasteiger partial charge in [-0.15, -0.1) is 0 Å². The predicted molar refractivity (Wildman–Crippen MR) is 103 cm³/mol. The molecule has 1 heterocycles. The van der Waals surface area contributed by atoms with Crippen LogP contribution in [0.1, 0.15) is 5.56 Å². The average molecular weight is 383 g/mol. The SMILES string of the molecule is CN1C(=O)COc2ccc(NC(=O)C(=O)N[C@@H](CO)Cc3ccccc3)cc21. The molecule has 1 aliphatic heterocycles. The number of carbonyl (C=O) groups is 3. The highest BCUT2D eigenvalue weighted by Crippen LogP contribution is 2.33. The molecule has 3 amide bonds. The van der Waals surface area contributed by atoms with Gasteiger partial charge in [-0.25, -0.2) is 0 Å². The van der Waals surface area contributed by atoms with Crippen molar-refractivity contribution in [1.82, 2.24) is 5.32 Å². The van der Waals surface area contributed by atoms with Gasteiger partial charge in [0.1, 0.15) is 5.75 Å². The summed E-state index contributed by atoms with van der Waals surface area (Å²) in [7, 11) is 1.61. The van der Waals surface area contributed by atoms with E-state index in [0.717, 1.165) is 5.56 Å². The number of fused-ring (bicyclic) bond motifs is 1. The maximum absolute atomic E-state index is 12.2. The van der Waals surface area contributed by atoms with Crippen LogP contribution in [0.15, 0.2) is 48.5 Å². The number of carbonyl (C=O) groups excluding carboxylic acids is 3. The Morgan fingerprint density at radius 2 is 1.93 bits per heavy atom. The second-order valence-corrected chi connectivity index (χ2v) is 6.42. The fourth-order valence-electron chi connectivity index (χ4n) is 2.85. The molecule has 146 valence electrons. The Hall–Kier alpha value is -3.39. The minimum Gasteiger partial charge on any atom is -0.482 e. The Kier molecular flexibility index (Phi) is 5.90. The van der Waals surface area contributed by atoms with Gasteiger partial charge in [-0.1, -0.05) is 30.3 Å². The van der Waals surface area contributed by atoms with Crippen molar-refractivity contribution in [3.8, 4) is 5.75 Å². The molecular weight excluding hydrogens is 362 g/mol. The molecule has 0 saturated carbocycles. The van der Waals surface area contributed by atoms with Gasteiger partial charge in [-0.2, -0.15) is 0 Å². The standard InChI is InChI=1S/C20H21N3O5/c1-23-16-10-14(7-8-17(16)28-12-18(23)25)21-19(26)20(27)22-15(11-24)9-13-5-3-2-4-6-13/h2-8,10,15,24H,9,11-12H2,1H3,(H,21,26)(H,22,27)/t15-/m1/s1. The lowest BCUT2D eigenvalue weighted by molar-refractivity contribution is -0.136. The molecule has 2 aromatic rings. The fourth-order valence-corrected chi connectivity index (χ4v) is 2.85. The summed E-state index contributed by atoms with van der Waals surface area (Å²) >= 11 is 0. The Morgan fingerprint density at radius 1 is 1.18 bits per heavy atom. The first-order valence-corrected chi connectivity index (χ1v) is 8.78. The van der Waals surface area contributed by atoms with Crippen molar-refractivity contribution in [3.63, 3.8) is 0 Å². The van der Waals surface area contributed by atoms with Crippen LogP contribution in [0, 0.1) is 0 Å². The van der Waals surface area contributed by atoms with Crippen molar-refractivity contribution in [2.75, 3.05) is 30.5 Å². The maximum Gasteiger partial charge on any atom is 0.313 e. The highest BCUT2D eigenvalue weighted by atomic mass is 16.5. The van der Waals surface area contributed by atoms with Gasteiger partial charge in [0.25, 0.3) is 5.91 Å². The molecule has 28 heavy (non-hydrogen) atoms. The van der Waals surface area contributed by atoms with E-state index in [-0.39, 0.29) is 19.1 Å². The molecule has 0 saturated heterocycles. The third-order valence-electron chi connectivity index (χ3n) is 4.39. The first-order valence-electron chi connectivity index (χ1n) is 8.78. The van der Waals surface area contributed by atoms with Crippen LogP contribution in [0.25, 0.3) is 0 Å². The first-order chi connectivity index (χ1) is 13.5. The minimum atomic E-state index is -0.864. The van der Waals surface area contributed by atoms with Crippen molar-refractivity contribution in [2.24, 2.45) is 0 Å². The van der Waals surface area contributed by atoms with Gasteiger partial charge in [0, 0.05) is 12.7 Å². The number of hydrogen-bond acceptors (Lipinski definition) is 5. The monoisotopic (exact) mass is 383 g/mol. The number of hydrogen-bond donors (Lipinski definition) is 3. The van der Waals surface area contributed by atoms with Crippen LogP contribution < -0.4 is 20.3 Å². The Morgan fingerprint density at radius 3 is 2.64 bits per heavy atom. The van der Waals surface area contributed by atoms with Crippen molar-refractivity contribution in [2.45, 2.75) is 12.5 Å². The summed E-state index contributed by atoms with van der Waals surface area (Å²) in [6.07, 6.45) is 0.402. The Labute approximate surface area is 162 Å². The fraction of sp³-hybridized carbons (Fsp3) is 0.250. The molecule has 0 aromatic heterocycles. The Balaban J connectivity index is 1.62. The van der Waals surface area contributed by atoms with Crippen LogP contribution in [-0.2, 0) is 20.8 Å². The predicted octanol–water partition coefficient (Wildman–Crippen LogP) is 0.700. The number of nitrogens with one attached hydrogen (secondary N) is 2. The van der Waals surface area contributed by atoms with E-state index in [1.807, 2.05) is 30.3 Å². The molecule has 3 N–H and O–H groups in total. The maximum atomic E-state index is 12.2. The van der Waals surface area contributed by atoms with E-state index in [1.54, 1.807) is 25.2 Å². The number of benzene rings is 2. The van der Waals surface area contributed by atoms with Crippen molar-refractivity contribution in [3.05, 3.63) is 54.1 Å². The summed E-state index contributed by atoms with van der Waals surface area (Å²) < 4.78 is 5.33. The van der Waals surface area contributed by atoms with Crippen LogP contribution >= 0.6 is 0 Å². The summed E-state index contributed by atoms with van der Waals surface area (Å²) in [5.41, 5.74) is 1.80. The van der Waals surface area contributed by atoms with E-state index >= 15 is 0 Å². The largest absolute Gasteiger partial charge is 0.482 e. The summed E-state index contributed by atoms with van der Waals surface area (Å²) in [6.45, 7) is -0.335. The topological polar surface area (TPSA) is 108 Å². The highest BCUT2D eigenvalue weighted by Gasteiger charge is 2.24. The zero-order valence-electron chi connectivity index (χ0n) is 15.3. The van der Waals surface area contributed by atoms with Gasteiger partial charge >= 0.3 is 11.8 Å². The number of ether oxygens (including phenoxy) is 1. The van der Waals surface area contributed by atoms with E-state index < -0.39 is 17.9 Å². The Bertz CT molecular complexity index is 885. The number of aliphatic hydroxyl groups is 1. The van der Waals surface area contributed by atoms with Gasteiger partial charge in [0.2, 0.25) is 0 Å². The van der Waals surface area contributed by atoms with Gasteiger partial charge in [-0.3, -0.25) is 14.4 Å². The van der Waals surface area contributed by atoms with Crippen LogP contribution in [0.2, 0.25) is 0 Å². The molecule has 0 unspecified atom stereocenters. The van der Waals surface area contributed by atoms with Crippen LogP contribution in [0.5, 0.6) is 5.75 Å². The van der Waals surface area contributed by atoms with Crippen LogP contribution in [0.4, 0.5) is 11.4 Å². The molecule has 1 atom stereocenters. The molecular formula is C20H21N3O5. The normalized spacial score (nSPS) is 13.9. The molecule has 2 aromatic carbocycles. The molecule has 0 fully saturated rings. The van der Waals surface area contributed by atoms with Gasteiger partial charge in [-0.05, 0) is 30.2 Å². The summed E-state index contributed by atoms with van der Waals surface area (Å²) in [5.74, 6) is -1.40. The van der Waals surface area contributed by atoms with Crippen molar-refractivity contribution >= 4 is 29.1 Å². The van der Waals surface area contributed by atoms with Crippen LogP contribution in [-0.4, -0.2) is 49.1 Å². The number of amides is 3. The molecule has 3 rings (SSSR count). The first kappa shape index (κ1) is 19.4.